The molecule has 1 saturated heterocycles. The largest absolute Gasteiger partial charge is 0.401 e. The van der Waals surface area contributed by atoms with E-state index in [2.05, 4.69) is 18.7 Å². The Morgan fingerprint density at radius 2 is 1.67 bits per heavy atom. The van der Waals surface area contributed by atoms with Crippen LogP contribution in [0.4, 0.5) is 13.2 Å². The number of hydrogen-bond donors (Lipinski definition) is 1. The van der Waals surface area contributed by atoms with Gasteiger partial charge in [-0.1, -0.05) is 13.8 Å². The molecule has 6 heteroatoms. The van der Waals surface area contributed by atoms with Gasteiger partial charge in [-0.25, -0.2) is 0 Å². The van der Waals surface area contributed by atoms with Gasteiger partial charge in [-0.3, -0.25) is 4.90 Å². The molecule has 0 radical (unpaired) electrons. The van der Waals surface area contributed by atoms with Crippen LogP contribution in [-0.2, 0) is 0 Å². The first kappa shape index (κ1) is 17.0. The number of halogens is 3. The monoisotopic (exact) mass is 308 g/mol. The van der Waals surface area contributed by atoms with Crippen molar-refractivity contribution in [1.29, 1.82) is 0 Å². The van der Waals surface area contributed by atoms with Gasteiger partial charge in [0.1, 0.15) is 0 Å². The van der Waals surface area contributed by atoms with Gasteiger partial charge in [0.15, 0.2) is 0 Å². The minimum absolute atomic E-state index is 0.253. The van der Waals surface area contributed by atoms with E-state index in [4.69, 9.17) is 0 Å². The smallest absolute Gasteiger partial charge is 0.393 e. The summed E-state index contributed by atoms with van der Waals surface area (Å²) in [5, 5.41) is 10.2. The van der Waals surface area contributed by atoms with E-state index in [0.29, 0.717) is 26.2 Å². The van der Waals surface area contributed by atoms with E-state index < -0.39 is 12.7 Å². The first-order valence-electron chi connectivity index (χ1n) is 7.84. The fourth-order valence-corrected chi connectivity index (χ4v) is 3.62. The summed E-state index contributed by atoms with van der Waals surface area (Å²) in [4.78, 5) is 3.68. The van der Waals surface area contributed by atoms with Crippen LogP contribution in [-0.4, -0.2) is 66.5 Å². The molecule has 2 aliphatic rings. The maximum atomic E-state index is 12.4. The number of aliphatic hydroxyl groups excluding tert-OH is 1. The highest BCUT2D eigenvalue weighted by Crippen LogP contribution is 2.39. The zero-order chi connectivity index (χ0) is 15.7. The maximum Gasteiger partial charge on any atom is 0.401 e. The number of rotatable bonds is 3. The van der Waals surface area contributed by atoms with Crippen LogP contribution in [0.25, 0.3) is 0 Å². The second-order valence-corrected chi connectivity index (χ2v) is 7.43. The fraction of sp³-hybridized carbons (Fsp3) is 1.00. The topological polar surface area (TPSA) is 26.7 Å². The molecule has 21 heavy (non-hydrogen) atoms. The fourth-order valence-electron chi connectivity index (χ4n) is 3.62. The molecule has 3 nitrogen and oxygen atoms in total. The highest BCUT2D eigenvalue weighted by Gasteiger charge is 2.36. The first-order chi connectivity index (χ1) is 9.65. The van der Waals surface area contributed by atoms with Gasteiger partial charge in [0.05, 0.1) is 12.6 Å². The highest BCUT2D eigenvalue weighted by atomic mass is 19.4. The van der Waals surface area contributed by atoms with Crippen molar-refractivity contribution in [3.8, 4) is 0 Å². The summed E-state index contributed by atoms with van der Waals surface area (Å²) in [7, 11) is 0. The van der Waals surface area contributed by atoms with E-state index in [9.17, 15) is 18.3 Å². The molecule has 2 atom stereocenters. The normalized spacial score (nSPS) is 32.3. The van der Waals surface area contributed by atoms with E-state index in [1.54, 1.807) is 0 Å². The zero-order valence-electron chi connectivity index (χ0n) is 13.0. The number of nitrogens with zero attached hydrogens (tertiary/aromatic N) is 2. The third kappa shape index (κ3) is 5.42. The highest BCUT2D eigenvalue weighted by molar-refractivity contribution is 4.87. The van der Waals surface area contributed by atoms with Crippen LogP contribution in [0.2, 0.25) is 0 Å². The predicted octanol–water partition coefficient (Wildman–Crippen LogP) is 2.35. The van der Waals surface area contributed by atoms with Gasteiger partial charge in [-0.2, -0.15) is 13.2 Å². The van der Waals surface area contributed by atoms with Crippen LogP contribution in [0.3, 0.4) is 0 Å². The minimum Gasteiger partial charge on any atom is -0.393 e. The Labute approximate surface area is 125 Å². The molecule has 1 aliphatic heterocycles. The van der Waals surface area contributed by atoms with E-state index in [1.165, 1.54) is 4.90 Å². The zero-order valence-corrected chi connectivity index (χ0v) is 13.0. The molecule has 1 saturated carbocycles. The maximum absolute atomic E-state index is 12.4. The van der Waals surface area contributed by atoms with Crippen molar-refractivity contribution < 1.29 is 18.3 Å². The van der Waals surface area contributed by atoms with Crippen molar-refractivity contribution in [1.82, 2.24) is 9.80 Å². The summed E-state index contributed by atoms with van der Waals surface area (Å²) in [5.74, 6) is 0.253. The molecular weight excluding hydrogens is 281 g/mol. The summed E-state index contributed by atoms with van der Waals surface area (Å²) in [6.45, 7) is 6.72. The Morgan fingerprint density at radius 1 is 1.10 bits per heavy atom. The molecule has 1 aliphatic carbocycles. The molecule has 2 fully saturated rings. The lowest BCUT2D eigenvalue weighted by Gasteiger charge is -2.42. The Kier molecular flexibility index (Phi) is 5.21. The predicted molar refractivity (Wildman–Crippen MR) is 76.1 cm³/mol. The van der Waals surface area contributed by atoms with Crippen LogP contribution in [0, 0.1) is 11.3 Å². The van der Waals surface area contributed by atoms with E-state index in [-0.39, 0.29) is 17.4 Å². The molecule has 124 valence electrons. The van der Waals surface area contributed by atoms with Crippen LogP contribution in [0.1, 0.15) is 33.1 Å². The molecular formula is C15H27F3N2O. The lowest BCUT2D eigenvalue weighted by atomic mass is 9.70. The number of hydrogen-bond acceptors (Lipinski definition) is 3. The molecule has 2 unspecified atom stereocenters. The van der Waals surface area contributed by atoms with Gasteiger partial charge < -0.3 is 10.0 Å². The van der Waals surface area contributed by atoms with Crippen molar-refractivity contribution in [2.45, 2.75) is 45.4 Å². The summed E-state index contributed by atoms with van der Waals surface area (Å²) in [6, 6.07) is 0. The second-order valence-electron chi connectivity index (χ2n) is 7.43. The summed E-state index contributed by atoms with van der Waals surface area (Å²) in [6.07, 6.45) is -1.48. The minimum atomic E-state index is -4.11. The standard InChI is InChI=1S/C15H27F3N2O/c1-14(2)4-3-13(21)12(9-14)10-19-5-7-20(8-6-19)11-15(16,17)18/h12-13,21H,3-11H2,1-2H3. The SMILES string of the molecule is CC1(C)CCC(O)C(CN2CCN(CC(F)(F)F)CC2)C1. The van der Waals surface area contributed by atoms with Gasteiger partial charge in [0.25, 0.3) is 0 Å². The van der Waals surface area contributed by atoms with Crippen LogP contribution in [0.15, 0.2) is 0 Å². The Bertz CT molecular complexity index is 338. The van der Waals surface area contributed by atoms with Gasteiger partial charge in [0.2, 0.25) is 0 Å². The third-order valence-electron chi connectivity index (χ3n) is 4.84. The average Bonchev–Trinajstić information content (AvgIpc) is 2.34. The molecule has 0 amide bonds. The van der Waals surface area contributed by atoms with Crippen LogP contribution >= 0.6 is 0 Å². The Morgan fingerprint density at radius 3 is 2.24 bits per heavy atom. The third-order valence-corrected chi connectivity index (χ3v) is 4.84. The van der Waals surface area contributed by atoms with E-state index in [1.807, 2.05) is 0 Å². The molecule has 0 spiro atoms. The van der Waals surface area contributed by atoms with E-state index in [0.717, 1.165) is 25.8 Å². The molecule has 0 aromatic carbocycles. The second kappa shape index (κ2) is 6.42. The molecule has 0 aromatic rings. The quantitative estimate of drug-likeness (QED) is 0.867. The number of aliphatic hydroxyl groups is 1. The number of alkyl halides is 3. The summed E-state index contributed by atoms with van der Waals surface area (Å²) in [5.41, 5.74) is 0.266. The van der Waals surface area contributed by atoms with Gasteiger partial charge in [-0.05, 0) is 30.6 Å². The molecule has 0 aromatic heterocycles. The van der Waals surface area contributed by atoms with Crippen LogP contribution < -0.4 is 0 Å². The van der Waals surface area contributed by atoms with Gasteiger partial charge in [-0.15, -0.1) is 0 Å². The van der Waals surface area contributed by atoms with Gasteiger partial charge >= 0.3 is 6.18 Å². The van der Waals surface area contributed by atoms with E-state index >= 15 is 0 Å². The van der Waals surface area contributed by atoms with Crippen molar-refractivity contribution in [2.24, 2.45) is 11.3 Å². The first-order valence-corrected chi connectivity index (χ1v) is 7.84. The lowest BCUT2D eigenvalue weighted by Crippen LogP contribution is -2.51. The molecule has 2 rings (SSSR count). The number of piperazine rings is 1. The molecule has 0 bridgehead atoms. The summed E-state index contributed by atoms with van der Waals surface area (Å²) < 4.78 is 37.1. The summed E-state index contributed by atoms with van der Waals surface area (Å²) >= 11 is 0. The van der Waals surface area contributed by atoms with Crippen molar-refractivity contribution >= 4 is 0 Å². The lowest BCUT2D eigenvalue weighted by molar-refractivity contribution is -0.149. The van der Waals surface area contributed by atoms with Gasteiger partial charge in [0, 0.05) is 32.7 Å². The average molecular weight is 308 g/mol. The Hall–Kier alpha value is -0.330. The van der Waals surface area contributed by atoms with Crippen molar-refractivity contribution in [2.75, 3.05) is 39.3 Å². The Balaban J connectivity index is 1.78. The molecule has 1 N–H and O–H groups in total. The van der Waals surface area contributed by atoms with Crippen molar-refractivity contribution in [3.63, 3.8) is 0 Å². The van der Waals surface area contributed by atoms with Crippen molar-refractivity contribution in [3.05, 3.63) is 0 Å². The van der Waals surface area contributed by atoms with Crippen LogP contribution in [0.5, 0.6) is 0 Å². The molecule has 1 heterocycles.